The fraction of sp³-hybridized carbons (Fsp3) is 0.500. The van der Waals surface area contributed by atoms with Gasteiger partial charge in [-0.05, 0) is 0 Å². The van der Waals surface area contributed by atoms with Crippen LogP contribution < -0.4 is 0 Å². The Morgan fingerprint density at radius 3 is 2.07 bits per heavy atom. The van der Waals surface area contributed by atoms with Crippen molar-refractivity contribution in [2.75, 3.05) is 0 Å². The van der Waals surface area contributed by atoms with Crippen LogP contribution in [-0.2, 0) is 23.7 Å². The van der Waals surface area contributed by atoms with E-state index in [-0.39, 0.29) is 0 Å². The van der Waals surface area contributed by atoms with Crippen molar-refractivity contribution in [3.8, 4) is 0 Å². The van der Waals surface area contributed by atoms with E-state index in [4.69, 9.17) is 14.9 Å². The number of carboxylic acids is 2. The highest BCUT2D eigenvalue weighted by Crippen LogP contribution is 2.26. The second-order valence-electron chi connectivity index (χ2n) is 2.83. The summed E-state index contributed by atoms with van der Waals surface area (Å²) in [4.78, 5) is 31.9. The van der Waals surface area contributed by atoms with Gasteiger partial charge in [0.2, 0.25) is 0 Å². The summed E-state index contributed by atoms with van der Waals surface area (Å²) >= 11 is 0. The van der Waals surface area contributed by atoms with Crippen molar-refractivity contribution >= 4 is 25.6 Å². The van der Waals surface area contributed by atoms with Gasteiger partial charge in [0, 0.05) is 0 Å². The van der Waals surface area contributed by atoms with Crippen LogP contribution in [0.25, 0.3) is 0 Å². The normalized spacial score (nSPS) is 18.4. The summed E-state index contributed by atoms with van der Waals surface area (Å²) in [6, 6.07) is 0. The maximum absolute atomic E-state index is 11.1. The summed E-state index contributed by atoms with van der Waals surface area (Å²) in [5.74, 6) is -3.57. The summed E-state index contributed by atoms with van der Waals surface area (Å²) in [6.07, 6.45) is -1.42. The second-order valence-corrected chi connectivity index (χ2v) is 2.83. The van der Waals surface area contributed by atoms with Gasteiger partial charge in [-0.1, -0.05) is 0 Å². The molecule has 1 saturated heterocycles. The molecule has 0 aromatic carbocycles. The van der Waals surface area contributed by atoms with Gasteiger partial charge in [-0.25, -0.2) is 0 Å². The van der Waals surface area contributed by atoms with Crippen LogP contribution in [-0.4, -0.2) is 41.4 Å². The molecule has 0 unspecified atom stereocenters. The molecular formula is C6H7BO7. The first-order valence-electron chi connectivity index (χ1n) is 3.71. The zero-order valence-electron chi connectivity index (χ0n) is 7.06. The lowest BCUT2D eigenvalue weighted by atomic mass is 9.95. The van der Waals surface area contributed by atoms with Crippen LogP contribution in [0.5, 0.6) is 0 Å². The Kier molecular flexibility index (Phi) is 2.75. The zero-order valence-corrected chi connectivity index (χ0v) is 7.06. The van der Waals surface area contributed by atoms with Crippen LogP contribution in [0.2, 0.25) is 0 Å². The zero-order chi connectivity index (χ0) is 10.8. The summed E-state index contributed by atoms with van der Waals surface area (Å²) in [7, 11) is -0.403. The topological polar surface area (TPSA) is 110 Å². The first kappa shape index (κ1) is 10.5. The standard InChI is InChI=1S/C6H7BO7/c8-3(9)1-6(2-4(10)11)5(12)13-7-14-6/h7H,1-2H2,(H,8,9)(H,10,11). The summed E-state index contributed by atoms with van der Waals surface area (Å²) in [5.41, 5.74) is -1.86. The third-order valence-electron chi connectivity index (χ3n) is 1.77. The number of carbonyl (C=O) groups excluding carboxylic acids is 1. The Morgan fingerprint density at radius 2 is 1.79 bits per heavy atom. The van der Waals surface area contributed by atoms with Gasteiger partial charge in [0.25, 0.3) is 0 Å². The van der Waals surface area contributed by atoms with E-state index in [2.05, 4.69) is 4.65 Å². The summed E-state index contributed by atoms with van der Waals surface area (Å²) in [6.45, 7) is 0. The number of hydrogen-bond acceptors (Lipinski definition) is 5. The molecule has 0 saturated carbocycles. The minimum Gasteiger partial charge on any atom is -0.510 e. The Bertz CT molecular complexity index is 270. The largest absolute Gasteiger partial charge is 0.510 e. The predicted octanol–water partition coefficient (Wildman–Crippen LogP) is -1.49. The van der Waals surface area contributed by atoms with E-state index in [9.17, 15) is 14.4 Å². The van der Waals surface area contributed by atoms with E-state index in [1.165, 1.54) is 0 Å². The maximum Gasteiger partial charge on any atom is 0.509 e. The van der Waals surface area contributed by atoms with Crippen LogP contribution in [0.4, 0.5) is 0 Å². The first-order chi connectivity index (χ1) is 6.46. The fourth-order valence-electron chi connectivity index (χ4n) is 1.18. The van der Waals surface area contributed by atoms with Crippen LogP contribution in [0.15, 0.2) is 0 Å². The molecular weight excluding hydrogens is 195 g/mol. The van der Waals surface area contributed by atoms with E-state index in [0.717, 1.165) is 0 Å². The summed E-state index contributed by atoms with van der Waals surface area (Å²) < 4.78 is 9.12. The second kappa shape index (κ2) is 3.66. The van der Waals surface area contributed by atoms with E-state index in [1.807, 2.05) is 0 Å². The SMILES string of the molecule is O=C(O)CC1(CC(=O)O)OBOC1=O. The van der Waals surface area contributed by atoms with Gasteiger partial charge in [0.15, 0.2) is 5.60 Å². The Morgan fingerprint density at radius 1 is 1.29 bits per heavy atom. The van der Waals surface area contributed by atoms with Gasteiger partial charge >= 0.3 is 25.6 Å². The smallest absolute Gasteiger partial charge is 0.509 e. The lowest BCUT2D eigenvalue weighted by molar-refractivity contribution is -0.157. The Labute approximate surface area is 78.9 Å². The van der Waals surface area contributed by atoms with Crippen LogP contribution in [0.3, 0.4) is 0 Å². The third kappa shape index (κ3) is 2.02. The van der Waals surface area contributed by atoms with Crippen molar-refractivity contribution < 1.29 is 33.9 Å². The Hall–Kier alpha value is -1.57. The lowest BCUT2D eigenvalue weighted by Crippen LogP contribution is -2.41. The van der Waals surface area contributed by atoms with Gasteiger partial charge in [-0.15, -0.1) is 0 Å². The number of rotatable bonds is 4. The van der Waals surface area contributed by atoms with Crippen molar-refractivity contribution in [2.24, 2.45) is 0 Å². The molecule has 0 atom stereocenters. The van der Waals surface area contributed by atoms with E-state index in [1.54, 1.807) is 0 Å². The van der Waals surface area contributed by atoms with Crippen molar-refractivity contribution in [2.45, 2.75) is 18.4 Å². The number of carbonyl (C=O) groups is 3. The van der Waals surface area contributed by atoms with E-state index < -0.39 is 44.0 Å². The highest BCUT2D eigenvalue weighted by atomic mass is 16.7. The monoisotopic (exact) mass is 202 g/mol. The molecule has 76 valence electrons. The molecule has 1 fully saturated rings. The molecule has 1 aliphatic heterocycles. The summed E-state index contributed by atoms with van der Waals surface area (Å²) in [5, 5.41) is 17.0. The highest BCUT2D eigenvalue weighted by Gasteiger charge is 2.49. The molecule has 0 aromatic rings. The van der Waals surface area contributed by atoms with Crippen molar-refractivity contribution in [1.82, 2.24) is 0 Å². The van der Waals surface area contributed by atoms with Crippen LogP contribution >= 0.6 is 0 Å². The van der Waals surface area contributed by atoms with Crippen LogP contribution in [0.1, 0.15) is 12.8 Å². The fourth-order valence-corrected chi connectivity index (χ4v) is 1.18. The third-order valence-corrected chi connectivity index (χ3v) is 1.77. The molecule has 1 aliphatic rings. The molecule has 0 radical (unpaired) electrons. The van der Waals surface area contributed by atoms with Crippen molar-refractivity contribution in [3.63, 3.8) is 0 Å². The molecule has 0 bridgehead atoms. The maximum atomic E-state index is 11.1. The molecule has 1 rings (SSSR count). The van der Waals surface area contributed by atoms with Crippen molar-refractivity contribution in [3.05, 3.63) is 0 Å². The van der Waals surface area contributed by atoms with Crippen molar-refractivity contribution in [1.29, 1.82) is 0 Å². The molecule has 2 N–H and O–H groups in total. The van der Waals surface area contributed by atoms with Gasteiger partial charge in [-0.3, -0.25) is 14.4 Å². The van der Waals surface area contributed by atoms with Gasteiger partial charge in [0.1, 0.15) is 0 Å². The highest BCUT2D eigenvalue weighted by molar-refractivity contribution is 6.27. The average Bonchev–Trinajstić information content (AvgIpc) is 2.29. The lowest BCUT2D eigenvalue weighted by Gasteiger charge is -2.20. The minimum atomic E-state index is -1.86. The molecule has 0 aromatic heterocycles. The molecule has 8 heteroatoms. The van der Waals surface area contributed by atoms with E-state index >= 15 is 0 Å². The molecule has 0 aliphatic carbocycles. The first-order valence-corrected chi connectivity index (χ1v) is 3.71. The predicted molar refractivity (Wildman–Crippen MR) is 41.6 cm³/mol. The van der Waals surface area contributed by atoms with E-state index in [0.29, 0.717) is 0 Å². The van der Waals surface area contributed by atoms with Gasteiger partial charge in [-0.2, -0.15) is 0 Å². The molecule has 1 heterocycles. The Balaban J connectivity index is 2.83. The van der Waals surface area contributed by atoms with Gasteiger partial charge < -0.3 is 19.5 Å². The number of carboxylic acid groups (broad SMARTS) is 2. The number of hydrogen-bond donors (Lipinski definition) is 2. The molecule has 0 amide bonds. The van der Waals surface area contributed by atoms with Crippen LogP contribution in [0, 0.1) is 0 Å². The minimum absolute atomic E-state index is 0.403. The molecule has 7 nitrogen and oxygen atoms in total. The molecule has 0 spiro atoms. The molecule has 14 heavy (non-hydrogen) atoms. The quantitative estimate of drug-likeness (QED) is 0.534. The van der Waals surface area contributed by atoms with Gasteiger partial charge in [0.05, 0.1) is 12.8 Å². The average molecular weight is 202 g/mol. The number of aliphatic carboxylic acids is 2.